The maximum atomic E-state index is 13.3. The van der Waals surface area contributed by atoms with Crippen molar-refractivity contribution in [1.29, 1.82) is 0 Å². The average Bonchev–Trinajstić information content (AvgIpc) is 3.10. The first kappa shape index (κ1) is 17.6. The highest BCUT2D eigenvalue weighted by Gasteiger charge is 2.64. The van der Waals surface area contributed by atoms with E-state index in [0.717, 1.165) is 4.90 Å². The fraction of sp³-hybridized carbons (Fsp3) is 0.375. The number of carbonyl (C=O) groups is 2. The van der Waals surface area contributed by atoms with Crippen LogP contribution in [0, 0.1) is 5.41 Å². The number of hydrogen-bond acceptors (Lipinski definition) is 2. The number of aryl methyl sites for hydroxylation is 1. The summed E-state index contributed by atoms with van der Waals surface area (Å²) in [6, 6.07) is 6.92. The fourth-order valence-electron chi connectivity index (χ4n) is 3.24. The van der Waals surface area contributed by atoms with Crippen LogP contribution in [0.3, 0.4) is 0 Å². The largest absolute Gasteiger partial charge is 0.481 e. The van der Waals surface area contributed by atoms with Gasteiger partial charge in [0.2, 0.25) is 0 Å². The number of alkyl halides is 3. The standard InChI is InChI=1S/C16H14ClF3N2O3/c1-21-10-5-3-2-4-9(10)11(17)12(21)13(23)22-7-6-15(8-22,14(24)25)16(18,19)20/h2-5H,6-8H2,1H3,(H,24,25). The second-order valence-electron chi connectivity index (χ2n) is 6.10. The Hall–Kier alpha value is -2.22. The number of carboxylic acids is 1. The fourth-order valence-corrected chi connectivity index (χ4v) is 3.61. The Bertz CT molecular complexity index is 838. The minimum absolute atomic E-state index is 0.0474. The molecule has 0 saturated carbocycles. The molecule has 3 rings (SSSR count). The zero-order valence-corrected chi connectivity index (χ0v) is 13.9. The number of carboxylic acid groups (broad SMARTS) is 1. The molecule has 2 heterocycles. The Morgan fingerprint density at radius 2 is 1.92 bits per heavy atom. The zero-order chi connectivity index (χ0) is 18.6. The van der Waals surface area contributed by atoms with E-state index in [1.54, 1.807) is 31.3 Å². The predicted octanol–water partition coefficient (Wildman–Crippen LogP) is 3.31. The smallest absolute Gasteiger partial charge is 0.406 e. The number of aromatic nitrogens is 1. The number of nitrogens with zero attached hydrogens (tertiary/aromatic N) is 2. The highest BCUT2D eigenvalue weighted by Crippen LogP contribution is 2.46. The average molecular weight is 375 g/mol. The van der Waals surface area contributed by atoms with E-state index >= 15 is 0 Å². The Morgan fingerprint density at radius 3 is 2.44 bits per heavy atom. The molecule has 0 spiro atoms. The van der Waals surface area contributed by atoms with E-state index in [4.69, 9.17) is 16.7 Å². The molecule has 1 aliphatic rings. The molecule has 1 aromatic carbocycles. The SMILES string of the molecule is Cn1c(C(=O)N2CCC(C(=O)O)(C(F)(F)F)C2)c(Cl)c2ccccc21. The lowest BCUT2D eigenvalue weighted by molar-refractivity contribution is -0.227. The number of likely N-dealkylation sites (tertiary alicyclic amines) is 1. The van der Waals surface area contributed by atoms with Crippen LogP contribution in [0.15, 0.2) is 24.3 Å². The molecule has 1 amide bonds. The third-order valence-corrected chi connectivity index (χ3v) is 5.14. The van der Waals surface area contributed by atoms with Gasteiger partial charge in [0.1, 0.15) is 5.69 Å². The number of hydrogen-bond donors (Lipinski definition) is 1. The van der Waals surface area contributed by atoms with Crippen LogP contribution in [-0.4, -0.2) is 45.7 Å². The predicted molar refractivity (Wildman–Crippen MR) is 84.6 cm³/mol. The van der Waals surface area contributed by atoms with Crippen molar-refractivity contribution in [2.24, 2.45) is 12.5 Å². The van der Waals surface area contributed by atoms with Crippen molar-refractivity contribution in [3.05, 3.63) is 35.0 Å². The molecule has 1 unspecified atom stereocenters. The molecule has 1 atom stereocenters. The molecule has 134 valence electrons. The minimum Gasteiger partial charge on any atom is -0.481 e. The molecule has 1 saturated heterocycles. The number of aliphatic carboxylic acids is 1. The summed E-state index contributed by atoms with van der Waals surface area (Å²) in [6.45, 7) is -1.23. The van der Waals surface area contributed by atoms with E-state index in [9.17, 15) is 22.8 Å². The van der Waals surface area contributed by atoms with E-state index in [1.807, 2.05) is 0 Å². The van der Waals surface area contributed by atoms with E-state index < -0.39 is 36.4 Å². The normalized spacial score (nSPS) is 21.1. The van der Waals surface area contributed by atoms with Crippen LogP contribution in [0.5, 0.6) is 0 Å². The Kier molecular flexibility index (Phi) is 3.98. The maximum absolute atomic E-state index is 13.3. The second-order valence-corrected chi connectivity index (χ2v) is 6.48. The molecule has 9 heteroatoms. The van der Waals surface area contributed by atoms with Gasteiger partial charge in [0, 0.05) is 31.0 Å². The van der Waals surface area contributed by atoms with Crippen LogP contribution in [0.4, 0.5) is 13.2 Å². The molecule has 0 aliphatic carbocycles. The summed E-state index contributed by atoms with van der Waals surface area (Å²) in [7, 11) is 1.59. The van der Waals surface area contributed by atoms with Crippen LogP contribution in [0.25, 0.3) is 10.9 Å². The summed E-state index contributed by atoms with van der Waals surface area (Å²) >= 11 is 6.25. The first-order chi connectivity index (χ1) is 11.6. The van der Waals surface area contributed by atoms with Gasteiger partial charge < -0.3 is 14.6 Å². The molecule has 25 heavy (non-hydrogen) atoms. The molecule has 1 N–H and O–H groups in total. The first-order valence-corrected chi connectivity index (χ1v) is 7.80. The van der Waals surface area contributed by atoms with Crippen molar-refractivity contribution in [1.82, 2.24) is 9.47 Å². The summed E-state index contributed by atoms with van der Waals surface area (Å²) in [5.41, 5.74) is -2.23. The Morgan fingerprint density at radius 1 is 1.28 bits per heavy atom. The van der Waals surface area contributed by atoms with Gasteiger partial charge in [-0.1, -0.05) is 29.8 Å². The van der Waals surface area contributed by atoms with Crippen LogP contribution in [-0.2, 0) is 11.8 Å². The summed E-state index contributed by atoms with van der Waals surface area (Å²) in [5, 5.41) is 9.85. The van der Waals surface area contributed by atoms with Crippen molar-refractivity contribution in [2.75, 3.05) is 13.1 Å². The number of para-hydroxylation sites is 1. The summed E-state index contributed by atoms with van der Waals surface area (Å²) in [6.07, 6.45) is -5.63. The third kappa shape index (κ3) is 2.47. The minimum atomic E-state index is -4.95. The maximum Gasteiger partial charge on any atom is 0.406 e. The lowest BCUT2D eigenvalue weighted by Crippen LogP contribution is -2.47. The molecular weight excluding hydrogens is 361 g/mol. The molecule has 0 bridgehead atoms. The quantitative estimate of drug-likeness (QED) is 0.877. The molecular formula is C16H14ClF3N2O3. The van der Waals surface area contributed by atoms with Crippen molar-refractivity contribution in [2.45, 2.75) is 12.6 Å². The Balaban J connectivity index is 2.00. The molecule has 1 aliphatic heterocycles. The number of amides is 1. The van der Waals surface area contributed by atoms with Gasteiger partial charge in [0.05, 0.1) is 5.02 Å². The van der Waals surface area contributed by atoms with Crippen molar-refractivity contribution in [3.8, 4) is 0 Å². The summed E-state index contributed by atoms with van der Waals surface area (Å²) in [4.78, 5) is 24.9. The van der Waals surface area contributed by atoms with Gasteiger partial charge in [-0.15, -0.1) is 0 Å². The third-order valence-electron chi connectivity index (χ3n) is 4.76. The van der Waals surface area contributed by atoms with Crippen LogP contribution >= 0.6 is 11.6 Å². The van der Waals surface area contributed by atoms with E-state index in [1.165, 1.54) is 4.57 Å². The summed E-state index contributed by atoms with van der Waals surface area (Å²) < 4.78 is 41.4. The van der Waals surface area contributed by atoms with E-state index in [2.05, 4.69) is 0 Å². The van der Waals surface area contributed by atoms with E-state index in [0.29, 0.717) is 10.9 Å². The molecule has 1 fully saturated rings. The molecule has 2 aromatic rings. The monoisotopic (exact) mass is 374 g/mol. The van der Waals surface area contributed by atoms with Gasteiger partial charge >= 0.3 is 12.1 Å². The van der Waals surface area contributed by atoms with Crippen LogP contribution < -0.4 is 0 Å². The number of halogens is 4. The van der Waals surface area contributed by atoms with Gasteiger partial charge in [-0.05, 0) is 12.5 Å². The number of carbonyl (C=O) groups excluding carboxylic acids is 1. The number of benzene rings is 1. The van der Waals surface area contributed by atoms with Gasteiger partial charge in [-0.2, -0.15) is 13.2 Å². The lowest BCUT2D eigenvalue weighted by atomic mass is 9.86. The van der Waals surface area contributed by atoms with Crippen LogP contribution in [0.2, 0.25) is 5.02 Å². The highest BCUT2D eigenvalue weighted by molar-refractivity contribution is 6.38. The van der Waals surface area contributed by atoms with Gasteiger partial charge in [-0.3, -0.25) is 9.59 Å². The molecule has 1 aromatic heterocycles. The Labute approximate surface area is 145 Å². The van der Waals surface area contributed by atoms with Crippen molar-refractivity contribution < 1.29 is 27.9 Å². The summed E-state index contributed by atoms with van der Waals surface area (Å²) in [5.74, 6) is -2.69. The van der Waals surface area contributed by atoms with Gasteiger partial charge in [0.25, 0.3) is 5.91 Å². The van der Waals surface area contributed by atoms with Crippen LogP contribution in [0.1, 0.15) is 16.9 Å². The van der Waals surface area contributed by atoms with Gasteiger partial charge in [0.15, 0.2) is 5.41 Å². The molecule has 0 radical (unpaired) electrons. The lowest BCUT2D eigenvalue weighted by Gasteiger charge is -2.27. The highest BCUT2D eigenvalue weighted by atomic mass is 35.5. The first-order valence-electron chi connectivity index (χ1n) is 7.42. The molecule has 5 nitrogen and oxygen atoms in total. The number of fused-ring (bicyclic) bond motifs is 1. The van der Waals surface area contributed by atoms with Crippen molar-refractivity contribution >= 4 is 34.4 Å². The van der Waals surface area contributed by atoms with Gasteiger partial charge in [-0.25, -0.2) is 0 Å². The van der Waals surface area contributed by atoms with E-state index in [-0.39, 0.29) is 17.3 Å². The zero-order valence-electron chi connectivity index (χ0n) is 13.1. The topological polar surface area (TPSA) is 62.5 Å². The number of rotatable bonds is 2. The second kappa shape index (κ2) is 5.66. The van der Waals surface area contributed by atoms with Crippen molar-refractivity contribution in [3.63, 3.8) is 0 Å².